The molecule has 2 N–H and O–H groups in total. The third-order valence-electron chi connectivity index (χ3n) is 1.55. The Hall–Kier alpha value is -1.06. The van der Waals surface area contributed by atoms with Gasteiger partial charge in [-0.2, -0.15) is 0 Å². The lowest BCUT2D eigenvalue weighted by molar-refractivity contribution is -0.144. The van der Waals surface area contributed by atoms with E-state index in [4.69, 9.17) is 5.11 Å². The number of carbonyl (C=O) groups excluding carboxylic acids is 1. The summed E-state index contributed by atoms with van der Waals surface area (Å²) in [4.78, 5) is 21.1. The largest absolute Gasteiger partial charge is 0.481 e. The zero-order chi connectivity index (χ0) is 8.85. The monoisotopic (exact) mass is 159 g/mol. The molecule has 0 saturated carbocycles. The van der Waals surface area contributed by atoms with Crippen molar-refractivity contribution in [2.45, 2.75) is 19.8 Å². The molecule has 0 aromatic heterocycles. The summed E-state index contributed by atoms with van der Waals surface area (Å²) >= 11 is 0. The second-order valence-corrected chi connectivity index (χ2v) is 2.32. The molecule has 4 nitrogen and oxygen atoms in total. The molecule has 0 saturated heterocycles. The smallest absolute Gasteiger partial charge is 0.307 e. The van der Waals surface area contributed by atoms with Crippen LogP contribution >= 0.6 is 0 Å². The number of rotatable bonds is 4. The first kappa shape index (κ1) is 9.94. The van der Waals surface area contributed by atoms with Gasteiger partial charge in [0.2, 0.25) is 5.91 Å². The summed E-state index contributed by atoms with van der Waals surface area (Å²) in [7, 11) is 1.50. The first-order chi connectivity index (χ1) is 5.11. The van der Waals surface area contributed by atoms with Crippen LogP contribution in [0.3, 0.4) is 0 Å². The zero-order valence-electron chi connectivity index (χ0n) is 6.76. The average Bonchev–Trinajstić information content (AvgIpc) is 1.99. The zero-order valence-corrected chi connectivity index (χ0v) is 6.76. The van der Waals surface area contributed by atoms with Crippen molar-refractivity contribution in [3.8, 4) is 0 Å². The third-order valence-corrected chi connectivity index (χ3v) is 1.55. The van der Waals surface area contributed by atoms with Gasteiger partial charge in [-0.25, -0.2) is 0 Å². The fourth-order valence-electron chi connectivity index (χ4n) is 0.732. The van der Waals surface area contributed by atoms with Gasteiger partial charge in [-0.1, -0.05) is 6.92 Å². The molecular weight excluding hydrogens is 146 g/mol. The predicted molar refractivity (Wildman–Crippen MR) is 40.1 cm³/mol. The van der Waals surface area contributed by atoms with E-state index in [9.17, 15) is 9.59 Å². The highest BCUT2D eigenvalue weighted by Gasteiger charge is 2.17. The number of hydrogen-bond acceptors (Lipinski definition) is 2. The van der Waals surface area contributed by atoms with Crippen molar-refractivity contribution in [2.75, 3.05) is 7.05 Å². The average molecular weight is 159 g/mol. The van der Waals surface area contributed by atoms with E-state index in [0.717, 1.165) is 0 Å². The van der Waals surface area contributed by atoms with E-state index in [0.29, 0.717) is 6.42 Å². The van der Waals surface area contributed by atoms with Crippen LogP contribution in [0.5, 0.6) is 0 Å². The van der Waals surface area contributed by atoms with Crippen LogP contribution in [0, 0.1) is 5.92 Å². The van der Waals surface area contributed by atoms with E-state index in [-0.39, 0.29) is 12.3 Å². The van der Waals surface area contributed by atoms with Gasteiger partial charge in [0.05, 0.1) is 5.92 Å². The first-order valence-electron chi connectivity index (χ1n) is 3.55. The van der Waals surface area contributed by atoms with Crippen molar-refractivity contribution in [2.24, 2.45) is 5.92 Å². The number of nitrogens with one attached hydrogen (secondary N) is 1. The molecule has 0 aromatic rings. The molecule has 0 radical (unpaired) electrons. The molecule has 0 heterocycles. The normalized spacial score (nSPS) is 12.2. The molecule has 0 aliphatic rings. The quantitative estimate of drug-likeness (QED) is 0.617. The van der Waals surface area contributed by atoms with Gasteiger partial charge in [-0.05, 0) is 6.42 Å². The SMILES string of the molecule is CC[C@H](CC(=O)NC)C(=O)O. The standard InChI is InChI=1S/C7H13NO3/c1-3-5(7(10)11)4-6(9)8-2/h5H,3-4H2,1-2H3,(H,8,9)(H,10,11)/t5-/m1/s1. The van der Waals surface area contributed by atoms with Gasteiger partial charge in [0, 0.05) is 13.5 Å². The number of carboxylic acids is 1. The van der Waals surface area contributed by atoms with Crippen LogP contribution < -0.4 is 5.32 Å². The van der Waals surface area contributed by atoms with Crippen LogP contribution in [-0.2, 0) is 9.59 Å². The van der Waals surface area contributed by atoms with Crippen LogP contribution in [0.1, 0.15) is 19.8 Å². The van der Waals surface area contributed by atoms with E-state index >= 15 is 0 Å². The molecule has 11 heavy (non-hydrogen) atoms. The predicted octanol–water partition coefficient (Wildman–Crippen LogP) is 0.233. The molecular formula is C7H13NO3. The molecule has 4 heteroatoms. The van der Waals surface area contributed by atoms with Gasteiger partial charge in [0.1, 0.15) is 0 Å². The molecule has 0 rings (SSSR count). The number of carboxylic acid groups (broad SMARTS) is 1. The van der Waals surface area contributed by atoms with Crippen molar-refractivity contribution in [3.05, 3.63) is 0 Å². The van der Waals surface area contributed by atoms with Crippen LogP contribution in [0.25, 0.3) is 0 Å². The second-order valence-electron chi connectivity index (χ2n) is 2.32. The Labute approximate surface area is 65.6 Å². The Morgan fingerprint density at radius 1 is 1.55 bits per heavy atom. The van der Waals surface area contributed by atoms with Crippen molar-refractivity contribution < 1.29 is 14.7 Å². The van der Waals surface area contributed by atoms with Gasteiger partial charge >= 0.3 is 5.97 Å². The molecule has 1 amide bonds. The lowest BCUT2D eigenvalue weighted by atomic mass is 10.0. The minimum atomic E-state index is -0.906. The Kier molecular flexibility index (Phi) is 4.26. The minimum absolute atomic E-state index is 0.0718. The molecule has 0 fully saturated rings. The van der Waals surface area contributed by atoms with E-state index < -0.39 is 11.9 Å². The topological polar surface area (TPSA) is 66.4 Å². The number of carbonyl (C=O) groups is 2. The van der Waals surface area contributed by atoms with E-state index in [2.05, 4.69) is 5.32 Å². The molecule has 0 aromatic carbocycles. The van der Waals surface area contributed by atoms with Gasteiger partial charge in [0.25, 0.3) is 0 Å². The summed E-state index contributed by atoms with van der Waals surface area (Å²) in [6, 6.07) is 0. The summed E-state index contributed by atoms with van der Waals surface area (Å²) in [5.74, 6) is -1.68. The Morgan fingerprint density at radius 2 is 2.09 bits per heavy atom. The fraction of sp³-hybridized carbons (Fsp3) is 0.714. The van der Waals surface area contributed by atoms with Crippen LogP contribution in [0.4, 0.5) is 0 Å². The summed E-state index contributed by atoms with van der Waals surface area (Å²) in [6.45, 7) is 1.75. The molecule has 0 unspecified atom stereocenters. The second kappa shape index (κ2) is 4.71. The number of amides is 1. The van der Waals surface area contributed by atoms with E-state index in [1.54, 1.807) is 6.92 Å². The summed E-state index contributed by atoms with van der Waals surface area (Å²) < 4.78 is 0. The Balaban J connectivity index is 3.88. The summed E-state index contributed by atoms with van der Waals surface area (Å²) in [5, 5.41) is 10.9. The molecule has 0 aliphatic heterocycles. The van der Waals surface area contributed by atoms with Gasteiger partial charge in [-0.15, -0.1) is 0 Å². The number of hydrogen-bond donors (Lipinski definition) is 2. The lowest BCUT2D eigenvalue weighted by Crippen LogP contribution is -2.24. The van der Waals surface area contributed by atoms with Gasteiger partial charge in [0.15, 0.2) is 0 Å². The highest BCUT2D eigenvalue weighted by Crippen LogP contribution is 2.07. The minimum Gasteiger partial charge on any atom is -0.481 e. The van der Waals surface area contributed by atoms with Crippen molar-refractivity contribution in [3.63, 3.8) is 0 Å². The van der Waals surface area contributed by atoms with Crippen LogP contribution in [-0.4, -0.2) is 24.0 Å². The molecule has 1 atom stereocenters. The molecule has 64 valence electrons. The number of aliphatic carboxylic acids is 1. The molecule has 0 spiro atoms. The third kappa shape index (κ3) is 3.60. The van der Waals surface area contributed by atoms with Crippen molar-refractivity contribution in [1.29, 1.82) is 0 Å². The molecule has 0 bridgehead atoms. The maximum absolute atomic E-state index is 10.7. The van der Waals surface area contributed by atoms with Gasteiger partial charge in [-0.3, -0.25) is 9.59 Å². The first-order valence-corrected chi connectivity index (χ1v) is 3.55. The van der Waals surface area contributed by atoms with E-state index in [1.807, 2.05) is 0 Å². The van der Waals surface area contributed by atoms with Gasteiger partial charge < -0.3 is 10.4 Å². The Bertz CT molecular complexity index is 156. The Morgan fingerprint density at radius 3 is 2.36 bits per heavy atom. The highest BCUT2D eigenvalue weighted by molar-refractivity contribution is 5.81. The molecule has 0 aliphatic carbocycles. The van der Waals surface area contributed by atoms with E-state index in [1.165, 1.54) is 7.05 Å². The van der Waals surface area contributed by atoms with Crippen LogP contribution in [0.2, 0.25) is 0 Å². The highest BCUT2D eigenvalue weighted by atomic mass is 16.4. The maximum Gasteiger partial charge on any atom is 0.307 e. The summed E-state index contributed by atoms with van der Waals surface area (Å²) in [5.41, 5.74) is 0. The van der Waals surface area contributed by atoms with Crippen molar-refractivity contribution >= 4 is 11.9 Å². The van der Waals surface area contributed by atoms with Crippen LogP contribution in [0.15, 0.2) is 0 Å². The lowest BCUT2D eigenvalue weighted by Gasteiger charge is -2.06. The fourth-order valence-corrected chi connectivity index (χ4v) is 0.732. The summed E-state index contributed by atoms with van der Waals surface area (Å²) in [6.07, 6.45) is 0.561. The maximum atomic E-state index is 10.7. The van der Waals surface area contributed by atoms with Crippen molar-refractivity contribution in [1.82, 2.24) is 5.32 Å².